The predicted molar refractivity (Wildman–Crippen MR) is 77.8 cm³/mol. The maximum absolute atomic E-state index is 12.1. The van der Waals surface area contributed by atoms with Gasteiger partial charge in [0.05, 0.1) is 0 Å². The Balaban J connectivity index is 1.98. The Labute approximate surface area is 113 Å². The van der Waals surface area contributed by atoms with E-state index < -0.39 is 0 Å². The van der Waals surface area contributed by atoms with Gasteiger partial charge < -0.3 is 0 Å². The molecule has 2 aromatic rings. The Bertz CT molecular complexity index is 596. The van der Waals surface area contributed by atoms with E-state index in [1.807, 2.05) is 54.6 Å². The lowest BCUT2D eigenvalue weighted by molar-refractivity contribution is -0.114. The molecule has 1 aliphatic rings. The summed E-state index contributed by atoms with van der Waals surface area (Å²) >= 11 is 0. The molecule has 1 aliphatic carbocycles. The van der Waals surface area contributed by atoms with Gasteiger partial charge in [0.2, 0.25) is 0 Å². The van der Waals surface area contributed by atoms with E-state index in [0.29, 0.717) is 6.42 Å². The molecule has 0 radical (unpaired) electrons. The van der Waals surface area contributed by atoms with Crippen LogP contribution in [-0.2, 0) is 4.79 Å². The third kappa shape index (κ3) is 2.50. The summed E-state index contributed by atoms with van der Waals surface area (Å²) in [5.41, 5.74) is 3.31. The molecule has 0 heterocycles. The van der Waals surface area contributed by atoms with E-state index in [4.69, 9.17) is 0 Å². The Kier molecular flexibility index (Phi) is 3.28. The molecular weight excluding hydrogens is 232 g/mol. The van der Waals surface area contributed by atoms with Gasteiger partial charge in [-0.05, 0) is 23.6 Å². The zero-order valence-electron chi connectivity index (χ0n) is 10.8. The Hall–Kier alpha value is -2.15. The molecule has 2 aromatic carbocycles. The van der Waals surface area contributed by atoms with Gasteiger partial charge in [0.1, 0.15) is 0 Å². The highest BCUT2D eigenvalue weighted by molar-refractivity contribution is 6.03. The molecule has 1 atom stereocenters. The maximum atomic E-state index is 12.1. The van der Waals surface area contributed by atoms with Crippen LogP contribution in [0.2, 0.25) is 0 Å². The molecule has 1 heteroatoms. The average molecular weight is 248 g/mol. The van der Waals surface area contributed by atoms with Crippen molar-refractivity contribution in [3.8, 4) is 0 Å². The van der Waals surface area contributed by atoms with Crippen molar-refractivity contribution in [2.45, 2.75) is 18.8 Å². The smallest absolute Gasteiger partial charge is 0.159 e. The van der Waals surface area contributed by atoms with Crippen LogP contribution >= 0.6 is 0 Å². The Morgan fingerprint density at radius 1 is 0.895 bits per heavy atom. The molecule has 0 saturated heterocycles. The van der Waals surface area contributed by atoms with Gasteiger partial charge in [-0.2, -0.15) is 0 Å². The van der Waals surface area contributed by atoms with E-state index in [0.717, 1.165) is 17.6 Å². The van der Waals surface area contributed by atoms with Crippen LogP contribution in [-0.4, -0.2) is 5.78 Å². The quantitative estimate of drug-likeness (QED) is 0.727. The fourth-order valence-electron chi connectivity index (χ4n) is 2.71. The standard InChI is InChI=1S/C18H16O/c19-18-12-11-16(15-9-5-2-6-10-15)17(18)13-14-7-3-1-4-8-14/h1-10,13,16H,11-12H2/b17-13-/t16-/m0/s1. The van der Waals surface area contributed by atoms with Gasteiger partial charge >= 0.3 is 0 Å². The lowest BCUT2D eigenvalue weighted by Gasteiger charge is -2.11. The number of carbonyl (C=O) groups is 1. The van der Waals surface area contributed by atoms with Gasteiger partial charge in [0, 0.05) is 17.9 Å². The van der Waals surface area contributed by atoms with E-state index in [1.165, 1.54) is 5.56 Å². The first-order valence-corrected chi connectivity index (χ1v) is 6.69. The number of allylic oxidation sites excluding steroid dienone is 1. The highest BCUT2D eigenvalue weighted by Crippen LogP contribution is 2.37. The third-order valence-electron chi connectivity index (χ3n) is 3.68. The van der Waals surface area contributed by atoms with Crippen LogP contribution in [0.4, 0.5) is 0 Å². The number of carbonyl (C=O) groups excluding carboxylic acids is 1. The van der Waals surface area contributed by atoms with Crippen molar-refractivity contribution in [3.05, 3.63) is 77.4 Å². The second kappa shape index (κ2) is 5.23. The molecule has 1 saturated carbocycles. The van der Waals surface area contributed by atoms with Crippen LogP contribution in [0.3, 0.4) is 0 Å². The van der Waals surface area contributed by atoms with Crippen molar-refractivity contribution in [3.63, 3.8) is 0 Å². The van der Waals surface area contributed by atoms with E-state index >= 15 is 0 Å². The van der Waals surface area contributed by atoms with Gasteiger partial charge in [-0.1, -0.05) is 60.7 Å². The highest BCUT2D eigenvalue weighted by Gasteiger charge is 2.29. The van der Waals surface area contributed by atoms with E-state index in [1.54, 1.807) is 0 Å². The molecule has 0 unspecified atom stereocenters. The average Bonchev–Trinajstić information content (AvgIpc) is 2.82. The normalized spacial score (nSPS) is 20.9. The van der Waals surface area contributed by atoms with Crippen molar-refractivity contribution < 1.29 is 4.79 Å². The summed E-state index contributed by atoms with van der Waals surface area (Å²) in [6, 6.07) is 20.4. The lowest BCUT2D eigenvalue weighted by Crippen LogP contribution is -2.00. The summed E-state index contributed by atoms with van der Waals surface area (Å²) in [6.07, 6.45) is 3.65. The summed E-state index contributed by atoms with van der Waals surface area (Å²) in [4.78, 5) is 12.1. The fraction of sp³-hybridized carbons (Fsp3) is 0.167. The predicted octanol–water partition coefficient (Wildman–Crippen LogP) is 4.22. The Morgan fingerprint density at radius 3 is 2.21 bits per heavy atom. The van der Waals surface area contributed by atoms with Gasteiger partial charge in [0.15, 0.2) is 5.78 Å². The van der Waals surface area contributed by atoms with Crippen molar-refractivity contribution in [1.82, 2.24) is 0 Å². The summed E-state index contributed by atoms with van der Waals surface area (Å²) < 4.78 is 0. The SMILES string of the molecule is O=C1CC[C@@H](c2ccccc2)/C1=C/c1ccccc1. The summed E-state index contributed by atoms with van der Waals surface area (Å²) in [7, 11) is 0. The molecule has 1 nitrogen and oxygen atoms in total. The molecule has 94 valence electrons. The molecule has 0 aliphatic heterocycles. The number of rotatable bonds is 2. The first-order chi connectivity index (χ1) is 9.34. The van der Waals surface area contributed by atoms with Crippen LogP contribution in [0.1, 0.15) is 29.9 Å². The minimum absolute atomic E-state index is 0.258. The second-order valence-electron chi connectivity index (χ2n) is 4.94. The number of benzene rings is 2. The van der Waals surface area contributed by atoms with Gasteiger partial charge in [-0.3, -0.25) is 4.79 Å². The first-order valence-electron chi connectivity index (χ1n) is 6.69. The molecule has 19 heavy (non-hydrogen) atoms. The van der Waals surface area contributed by atoms with Crippen LogP contribution in [0.25, 0.3) is 6.08 Å². The molecule has 3 rings (SSSR count). The van der Waals surface area contributed by atoms with E-state index in [-0.39, 0.29) is 11.7 Å². The van der Waals surface area contributed by atoms with Crippen molar-refractivity contribution in [2.24, 2.45) is 0 Å². The molecule has 0 amide bonds. The minimum Gasteiger partial charge on any atom is -0.295 e. The Morgan fingerprint density at radius 2 is 1.53 bits per heavy atom. The highest BCUT2D eigenvalue weighted by atomic mass is 16.1. The molecule has 0 spiro atoms. The zero-order valence-corrected chi connectivity index (χ0v) is 10.8. The molecule has 1 fully saturated rings. The zero-order chi connectivity index (χ0) is 13.1. The van der Waals surface area contributed by atoms with Gasteiger partial charge in [-0.25, -0.2) is 0 Å². The van der Waals surface area contributed by atoms with Gasteiger partial charge in [-0.15, -0.1) is 0 Å². The van der Waals surface area contributed by atoms with Crippen LogP contribution in [0, 0.1) is 0 Å². The molecule has 0 bridgehead atoms. The van der Waals surface area contributed by atoms with E-state index in [2.05, 4.69) is 12.1 Å². The monoisotopic (exact) mass is 248 g/mol. The molecule has 0 N–H and O–H groups in total. The van der Waals surface area contributed by atoms with E-state index in [9.17, 15) is 4.79 Å². The minimum atomic E-state index is 0.258. The van der Waals surface area contributed by atoms with Crippen LogP contribution < -0.4 is 0 Å². The number of hydrogen-bond acceptors (Lipinski definition) is 1. The lowest BCUT2D eigenvalue weighted by atomic mass is 9.92. The van der Waals surface area contributed by atoms with Gasteiger partial charge in [0.25, 0.3) is 0 Å². The van der Waals surface area contributed by atoms with Crippen molar-refractivity contribution in [1.29, 1.82) is 0 Å². The summed E-state index contributed by atoms with van der Waals surface area (Å²) in [5.74, 6) is 0.548. The molecular formula is C18H16O. The largest absolute Gasteiger partial charge is 0.295 e. The van der Waals surface area contributed by atoms with Crippen LogP contribution in [0.15, 0.2) is 66.2 Å². The number of hydrogen-bond donors (Lipinski definition) is 0. The number of ketones is 1. The summed E-state index contributed by atoms with van der Waals surface area (Å²) in [5, 5.41) is 0. The van der Waals surface area contributed by atoms with Crippen LogP contribution in [0.5, 0.6) is 0 Å². The maximum Gasteiger partial charge on any atom is 0.159 e. The third-order valence-corrected chi connectivity index (χ3v) is 3.68. The fourth-order valence-corrected chi connectivity index (χ4v) is 2.71. The number of Topliss-reactive ketones (excluding diaryl/α,β-unsaturated/α-hetero) is 1. The second-order valence-corrected chi connectivity index (χ2v) is 4.94. The van der Waals surface area contributed by atoms with Crippen molar-refractivity contribution in [2.75, 3.05) is 0 Å². The van der Waals surface area contributed by atoms with Crippen molar-refractivity contribution >= 4 is 11.9 Å². The topological polar surface area (TPSA) is 17.1 Å². The molecule has 0 aromatic heterocycles. The first kappa shape index (κ1) is 11.9. The summed E-state index contributed by atoms with van der Waals surface area (Å²) in [6.45, 7) is 0.